The van der Waals surface area contributed by atoms with Gasteiger partial charge in [-0.1, -0.05) is 0 Å². The van der Waals surface area contributed by atoms with Crippen LogP contribution in [0.4, 0.5) is 0 Å². The zero-order valence-electron chi connectivity index (χ0n) is 5.37. The van der Waals surface area contributed by atoms with E-state index in [2.05, 4.69) is 0 Å². The van der Waals surface area contributed by atoms with E-state index in [1.807, 2.05) is 0 Å². The lowest BCUT2D eigenvalue weighted by molar-refractivity contribution is 0.586. The highest BCUT2D eigenvalue weighted by Crippen LogP contribution is 2.17. The van der Waals surface area contributed by atoms with Crippen molar-refractivity contribution in [3.05, 3.63) is 0 Å². The normalized spacial score (nSPS) is 41.1. The van der Waals surface area contributed by atoms with Gasteiger partial charge in [-0.2, -0.15) is 0 Å². The zero-order valence-corrected chi connectivity index (χ0v) is 6.19. The molecule has 1 saturated heterocycles. The van der Waals surface area contributed by atoms with Gasteiger partial charge in [-0.05, 0) is 13.3 Å². The van der Waals surface area contributed by atoms with Crippen LogP contribution in [0.2, 0.25) is 0 Å². The van der Waals surface area contributed by atoms with Gasteiger partial charge in [-0.15, -0.1) is 0 Å². The predicted molar refractivity (Wildman–Crippen MR) is 35.8 cm³/mol. The lowest BCUT2D eigenvalue weighted by Crippen LogP contribution is -2.30. The van der Waals surface area contributed by atoms with Crippen LogP contribution in [-0.4, -0.2) is 25.5 Å². The van der Waals surface area contributed by atoms with Crippen molar-refractivity contribution in [2.45, 2.75) is 24.6 Å². The third-order valence-corrected chi connectivity index (χ3v) is 4.19. The van der Waals surface area contributed by atoms with Crippen molar-refractivity contribution in [1.82, 2.24) is 0 Å². The second-order valence-corrected chi connectivity index (χ2v) is 5.00. The molecule has 1 aliphatic heterocycles. The molecule has 1 rings (SSSR count). The SMILES string of the molecule is C[C@H]1[C@@H](N)CCS1(=O)=O. The molecule has 0 aromatic carbocycles. The van der Waals surface area contributed by atoms with E-state index in [1.165, 1.54) is 0 Å². The summed E-state index contributed by atoms with van der Waals surface area (Å²) in [5, 5.41) is -0.322. The van der Waals surface area contributed by atoms with Crippen molar-refractivity contribution in [1.29, 1.82) is 0 Å². The molecule has 4 heteroatoms. The minimum absolute atomic E-state index is 0.130. The highest BCUT2D eigenvalue weighted by Gasteiger charge is 2.33. The molecule has 2 N–H and O–H groups in total. The molecule has 0 aromatic heterocycles. The summed E-state index contributed by atoms with van der Waals surface area (Å²) in [7, 11) is -2.80. The van der Waals surface area contributed by atoms with Gasteiger partial charge in [-0.3, -0.25) is 0 Å². The van der Waals surface area contributed by atoms with Crippen LogP contribution < -0.4 is 5.73 Å². The molecule has 1 aliphatic rings. The number of nitrogens with two attached hydrogens (primary N) is 1. The Labute approximate surface area is 55.2 Å². The topological polar surface area (TPSA) is 60.2 Å². The first-order chi connectivity index (χ1) is 4.04. The Hall–Kier alpha value is -0.0900. The largest absolute Gasteiger partial charge is 0.327 e. The summed E-state index contributed by atoms with van der Waals surface area (Å²) in [4.78, 5) is 0. The van der Waals surface area contributed by atoms with Crippen molar-refractivity contribution in [2.24, 2.45) is 5.73 Å². The van der Waals surface area contributed by atoms with Crippen molar-refractivity contribution in [3.63, 3.8) is 0 Å². The van der Waals surface area contributed by atoms with E-state index in [0.29, 0.717) is 6.42 Å². The average molecular weight is 149 g/mol. The molecule has 1 fully saturated rings. The first kappa shape index (κ1) is 7.02. The van der Waals surface area contributed by atoms with Gasteiger partial charge < -0.3 is 5.73 Å². The summed E-state index contributed by atoms with van der Waals surface area (Å²) in [6.45, 7) is 1.67. The van der Waals surface area contributed by atoms with Crippen molar-refractivity contribution < 1.29 is 8.42 Å². The summed E-state index contributed by atoms with van der Waals surface area (Å²) in [5.74, 6) is 0.273. The quantitative estimate of drug-likeness (QED) is 0.506. The van der Waals surface area contributed by atoms with Crippen LogP contribution in [0.3, 0.4) is 0 Å². The van der Waals surface area contributed by atoms with Gasteiger partial charge in [0.05, 0.1) is 11.0 Å². The molecule has 0 unspecified atom stereocenters. The molecule has 0 aromatic rings. The van der Waals surface area contributed by atoms with Gasteiger partial charge in [0.1, 0.15) is 0 Å². The molecular formula is C5H11NO2S. The molecule has 0 amide bonds. The highest BCUT2D eigenvalue weighted by molar-refractivity contribution is 7.92. The Morgan fingerprint density at radius 1 is 1.56 bits per heavy atom. The summed E-state index contributed by atoms with van der Waals surface area (Å²) in [6, 6.07) is -0.130. The Morgan fingerprint density at radius 2 is 2.11 bits per heavy atom. The van der Waals surface area contributed by atoms with Crippen LogP contribution >= 0.6 is 0 Å². The standard InChI is InChI=1S/C5H11NO2S/c1-4-5(6)2-3-9(4,7)8/h4-5H,2-3,6H2,1H3/t4-,5-/m0/s1. The monoisotopic (exact) mass is 149 g/mol. The van der Waals surface area contributed by atoms with E-state index in [1.54, 1.807) is 6.92 Å². The van der Waals surface area contributed by atoms with E-state index in [4.69, 9.17) is 5.73 Å². The second-order valence-electron chi connectivity index (χ2n) is 2.52. The van der Waals surface area contributed by atoms with Gasteiger partial charge >= 0.3 is 0 Å². The molecule has 54 valence electrons. The Morgan fingerprint density at radius 3 is 2.22 bits per heavy atom. The number of sulfone groups is 1. The third kappa shape index (κ3) is 1.09. The van der Waals surface area contributed by atoms with Gasteiger partial charge in [0.15, 0.2) is 9.84 Å². The highest BCUT2D eigenvalue weighted by atomic mass is 32.2. The molecule has 0 saturated carbocycles. The van der Waals surface area contributed by atoms with Crippen LogP contribution in [0.5, 0.6) is 0 Å². The summed E-state index contributed by atoms with van der Waals surface area (Å²) in [5.41, 5.74) is 5.47. The second kappa shape index (κ2) is 1.95. The Balaban J connectivity index is 2.87. The smallest absolute Gasteiger partial charge is 0.154 e. The first-order valence-electron chi connectivity index (χ1n) is 3.01. The first-order valence-corrected chi connectivity index (χ1v) is 4.73. The summed E-state index contributed by atoms with van der Waals surface area (Å²) >= 11 is 0. The lowest BCUT2D eigenvalue weighted by atomic mass is 10.2. The fraction of sp³-hybridized carbons (Fsp3) is 1.00. The fourth-order valence-corrected chi connectivity index (χ4v) is 2.63. The maximum Gasteiger partial charge on any atom is 0.154 e. The maximum absolute atomic E-state index is 10.9. The molecule has 0 spiro atoms. The predicted octanol–water partition coefficient (Wildman–Crippen LogP) is -0.479. The van der Waals surface area contributed by atoms with Gasteiger partial charge in [-0.25, -0.2) is 8.42 Å². The average Bonchev–Trinajstić information content (AvgIpc) is 1.97. The van der Waals surface area contributed by atoms with E-state index in [-0.39, 0.29) is 17.0 Å². The van der Waals surface area contributed by atoms with Crippen molar-refractivity contribution >= 4 is 9.84 Å². The van der Waals surface area contributed by atoms with E-state index in [0.717, 1.165) is 0 Å². The molecule has 0 radical (unpaired) electrons. The zero-order chi connectivity index (χ0) is 7.07. The van der Waals surface area contributed by atoms with Crippen LogP contribution in [0, 0.1) is 0 Å². The lowest BCUT2D eigenvalue weighted by Gasteiger charge is -2.05. The van der Waals surface area contributed by atoms with Crippen molar-refractivity contribution in [2.75, 3.05) is 5.75 Å². The minimum Gasteiger partial charge on any atom is -0.327 e. The van der Waals surface area contributed by atoms with Crippen molar-refractivity contribution in [3.8, 4) is 0 Å². The molecule has 1 heterocycles. The fourth-order valence-electron chi connectivity index (χ4n) is 0.987. The summed E-state index contributed by atoms with van der Waals surface area (Å²) < 4.78 is 21.8. The Kier molecular flexibility index (Phi) is 1.52. The van der Waals surface area contributed by atoms with Gasteiger partial charge in [0, 0.05) is 6.04 Å². The molecule has 0 bridgehead atoms. The Bertz CT molecular complexity index is 197. The van der Waals surface area contributed by atoms with Crippen LogP contribution in [0.15, 0.2) is 0 Å². The van der Waals surface area contributed by atoms with E-state index >= 15 is 0 Å². The van der Waals surface area contributed by atoms with Crippen LogP contribution in [0.1, 0.15) is 13.3 Å². The van der Waals surface area contributed by atoms with E-state index in [9.17, 15) is 8.42 Å². The summed E-state index contributed by atoms with van der Waals surface area (Å²) in [6.07, 6.45) is 0.628. The number of rotatable bonds is 0. The molecule has 0 aliphatic carbocycles. The molecule has 2 atom stereocenters. The molecule has 3 nitrogen and oxygen atoms in total. The van der Waals surface area contributed by atoms with E-state index < -0.39 is 9.84 Å². The number of hydrogen-bond donors (Lipinski definition) is 1. The third-order valence-electron chi connectivity index (χ3n) is 1.91. The van der Waals surface area contributed by atoms with Crippen LogP contribution in [0.25, 0.3) is 0 Å². The number of hydrogen-bond acceptors (Lipinski definition) is 3. The minimum atomic E-state index is -2.80. The molecule has 9 heavy (non-hydrogen) atoms. The van der Waals surface area contributed by atoms with Crippen LogP contribution in [-0.2, 0) is 9.84 Å². The maximum atomic E-state index is 10.9. The van der Waals surface area contributed by atoms with Gasteiger partial charge in [0.25, 0.3) is 0 Å². The molecular weight excluding hydrogens is 138 g/mol. The van der Waals surface area contributed by atoms with Gasteiger partial charge in [0.2, 0.25) is 0 Å².